The van der Waals surface area contributed by atoms with Gasteiger partial charge in [-0.15, -0.1) is 0 Å². The van der Waals surface area contributed by atoms with Gasteiger partial charge in [0.25, 0.3) is 0 Å². The molecule has 0 aliphatic carbocycles. The molecule has 1 amide bonds. The molecule has 2 aromatic rings. The lowest BCUT2D eigenvalue weighted by Crippen LogP contribution is -2.39. The van der Waals surface area contributed by atoms with E-state index in [9.17, 15) is 4.79 Å². The quantitative estimate of drug-likeness (QED) is 0.668. The maximum atomic E-state index is 12.9. The molecule has 0 saturated carbocycles. The summed E-state index contributed by atoms with van der Waals surface area (Å²) >= 11 is 0. The van der Waals surface area contributed by atoms with E-state index in [0.717, 1.165) is 48.1 Å². The second-order valence-electron chi connectivity index (χ2n) is 10.5. The van der Waals surface area contributed by atoms with E-state index in [0.29, 0.717) is 24.4 Å². The van der Waals surface area contributed by atoms with Crippen molar-refractivity contribution in [2.24, 2.45) is 11.8 Å². The number of hydrogen-bond acceptors (Lipinski definition) is 4. The van der Waals surface area contributed by atoms with Gasteiger partial charge in [-0.05, 0) is 65.1 Å². The number of piperidine rings is 1. The normalized spacial score (nSPS) is 25.5. The highest BCUT2D eigenvalue weighted by Crippen LogP contribution is 2.32. The summed E-state index contributed by atoms with van der Waals surface area (Å²) in [4.78, 5) is 17.1. The molecule has 168 valence electrons. The monoisotopic (exact) mass is 424 g/mol. The van der Waals surface area contributed by atoms with Crippen molar-refractivity contribution < 1.29 is 9.53 Å². The topological polar surface area (TPSA) is 50.6 Å². The van der Waals surface area contributed by atoms with Crippen molar-refractivity contribution in [1.29, 1.82) is 0 Å². The molecule has 0 bridgehead atoms. The Labute approximate surface area is 185 Å². The number of aromatic nitrogens is 2. The molecule has 0 radical (unpaired) electrons. The van der Waals surface area contributed by atoms with Crippen LogP contribution in [0.2, 0.25) is 0 Å². The maximum Gasteiger partial charge on any atom is 0.414 e. The summed E-state index contributed by atoms with van der Waals surface area (Å²) in [7, 11) is 2.19. The minimum Gasteiger partial charge on any atom is -0.443 e. The molecule has 1 aromatic heterocycles. The van der Waals surface area contributed by atoms with Crippen LogP contribution in [0.4, 0.5) is 4.79 Å². The molecule has 2 aliphatic heterocycles. The molecule has 3 atom stereocenters. The predicted octanol–water partition coefficient (Wildman–Crippen LogP) is 5.17. The van der Waals surface area contributed by atoms with Gasteiger partial charge in [-0.25, -0.2) is 4.79 Å². The van der Waals surface area contributed by atoms with Gasteiger partial charge >= 0.3 is 6.09 Å². The lowest BCUT2D eigenvalue weighted by atomic mass is 9.94. The highest BCUT2D eigenvalue weighted by Gasteiger charge is 2.30. The highest BCUT2D eigenvalue weighted by molar-refractivity contribution is 5.87. The van der Waals surface area contributed by atoms with E-state index < -0.39 is 5.60 Å². The van der Waals surface area contributed by atoms with Crippen molar-refractivity contribution in [1.82, 2.24) is 19.6 Å². The first kappa shape index (κ1) is 21.9. The molecule has 0 unspecified atom stereocenters. The van der Waals surface area contributed by atoms with Crippen molar-refractivity contribution in [2.45, 2.75) is 59.1 Å². The van der Waals surface area contributed by atoms with Crippen LogP contribution < -0.4 is 0 Å². The van der Waals surface area contributed by atoms with Crippen molar-refractivity contribution in [3.05, 3.63) is 36.0 Å². The Balaban J connectivity index is 1.63. The summed E-state index contributed by atoms with van der Waals surface area (Å²) in [6, 6.07) is 6.77. The average molecular weight is 425 g/mol. The third-order valence-corrected chi connectivity index (χ3v) is 6.34. The second kappa shape index (κ2) is 8.30. The molecular formula is C25H36N4O2. The molecule has 6 heteroatoms. The van der Waals surface area contributed by atoms with Crippen molar-refractivity contribution in [3.8, 4) is 0 Å². The van der Waals surface area contributed by atoms with Crippen LogP contribution in [0.25, 0.3) is 16.6 Å². The molecule has 3 heterocycles. The second-order valence-corrected chi connectivity index (χ2v) is 10.5. The molecule has 4 rings (SSSR count). The number of carbonyl (C=O) groups is 1. The van der Waals surface area contributed by atoms with Gasteiger partial charge in [0, 0.05) is 30.2 Å². The van der Waals surface area contributed by atoms with Crippen LogP contribution in [0.3, 0.4) is 0 Å². The maximum absolute atomic E-state index is 12.9. The Kier molecular flexibility index (Phi) is 5.86. The first-order valence-corrected chi connectivity index (χ1v) is 11.5. The standard InChI is InChI=1S/C25H36N4O2/c1-17-7-10-23(28(14-17)24(30)31-25(3,4)5)19-8-9-20-16-29(26-21(20)13-19)22-11-12-27(6)15-18(22)2/h8-10,13,16-18,22H,7,11-12,14-15H2,1-6H3/t17-,18-,22-/m0/s1. The van der Waals surface area contributed by atoms with Crippen molar-refractivity contribution >= 4 is 22.7 Å². The Bertz CT molecular complexity index is 987. The van der Waals surface area contributed by atoms with Crippen LogP contribution in [0.1, 0.15) is 59.1 Å². The highest BCUT2D eigenvalue weighted by atomic mass is 16.6. The zero-order valence-electron chi connectivity index (χ0n) is 19.8. The zero-order valence-corrected chi connectivity index (χ0v) is 19.8. The summed E-state index contributed by atoms with van der Waals surface area (Å²) in [5.74, 6) is 0.975. The SMILES string of the molecule is C[C@H]1CC=C(c2ccc3cn([C@H]4CCN(C)C[C@@H]4C)nc3c2)N(C(=O)OC(C)(C)C)C1. The van der Waals surface area contributed by atoms with Crippen molar-refractivity contribution in [2.75, 3.05) is 26.7 Å². The number of allylic oxidation sites excluding steroid dienone is 1. The predicted molar refractivity (Wildman–Crippen MR) is 125 cm³/mol. The fourth-order valence-electron chi connectivity index (χ4n) is 4.77. The fraction of sp³-hybridized carbons (Fsp3) is 0.600. The van der Waals surface area contributed by atoms with E-state index in [1.54, 1.807) is 4.90 Å². The van der Waals surface area contributed by atoms with Gasteiger partial charge in [0.1, 0.15) is 5.60 Å². The van der Waals surface area contributed by atoms with Crippen LogP contribution >= 0.6 is 0 Å². The van der Waals surface area contributed by atoms with E-state index in [1.165, 1.54) is 0 Å². The lowest BCUT2D eigenvalue weighted by molar-refractivity contribution is 0.0327. The largest absolute Gasteiger partial charge is 0.443 e. The molecule has 0 N–H and O–H groups in total. The van der Waals surface area contributed by atoms with Crippen LogP contribution in [0.15, 0.2) is 30.5 Å². The zero-order chi connectivity index (χ0) is 22.3. The average Bonchev–Trinajstić information content (AvgIpc) is 3.09. The van der Waals surface area contributed by atoms with E-state index in [4.69, 9.17) is 9.84 Å². The van der Waals surface area contributed by atoms with Gasteiger partial charge in [-0.2, -0.15) is 5.10 Å². The van der Waals surface area contributed by atoms with Crippen LogP contribution in [-0.2, 0) is 4.74 Å². The van der Waals surface area contributed by atoms with Gasteiger partial charge in [-0.1, -0.05) is 32.1 Å². The molecule has 6 nitrogen and oxygen atoms in total. The number of nitrogens with zero attached hydrogens (tertiary/aromatic N) is 4. The van der Waals surface area contributed by atoms with E-state index in [-0.39, 0.29) is 6.09 Å². The number of amides is 1. The summed E-state index contributed by atoms with van der Waals surface area (Å²) in [6.45, 7) is 13.1. The number of fused-ring (bicyclic) bond motifs is 1. The number of carbonyl (C=O) groups excluding carboxylic acids is 1. The minimum absolute atomic E-state index is 0.281. The molecule has 1 fully saturated rings. The third-order valence-electron chi connectivity index (χ3n) is 6.34. The molecule has 0 spiro atoms. The number of hydrogen-bond donors (Lipinski definition) is 0. The lowest BCUT2D eigenvalue weighted by Gasteiger charge is -2.34. The summed E-state index contributed by atoms with van der Waals surface area (Å²) in [5.41, 5.74) is 2.41. The van der Waals surface area contributed by atoms with E-state index in [2.05, 4.69) is 60.9 Å². The van der Waals surface area contributed by atoms with E-state index >= 15 is 0 Å². The van der Waals surface area contributed by atoms with Crippen LogP contribution in [-0.4, -0.2) is 58.0 Å². The Hall–Kier alpha value is -2.34. The van der Waals surface area contributed by atoms with Crippen molar-refractivity contribution in [3.63, 3.8) is 0 Å². The van der Waals surface area contributed by atoms with Crippen LogP contribution in [0, 0.1) is 11.8 Å². The molecule has 31 heavy (non-hydrogen) atoms. The molecule has 1 aromatic carbocycles. The number of rotatable bonds is 2. The molecular weight excluding hydrogens is 388 g/mol. The Morgan fingerprint density at radius 2 is 1.97 bits per heavy atom. The van der Waals surface area contributed by atoms with Crippen LogP contribution in [0.5, 0.6) is 0 Å². The summed E-state index contributed by atoms with van der Waals surface area (Å²) in [6.07, 6.45) is 6.13. The van der Waals surface area contributed by atoms with Gasteiger partial charge in [-0.3, -0.25) is 9.58 Å². The minimum atomic E-state index is -0.517. The van der Waals surface area contributed by atoms with Gasteiger partial charge < -0.3 is 9.64 Å². The molecule has 1 saturated heterocycles. The Morgan fingerprint density at radius 1 is 1.19 bits per heavy atom. The van der Waals surface area contributed by atoms with Gasteiger partial charge in [0.05, 0.1) is 17.3 Å². The number of benzene rings is 1. The fourth-order valence-corrected chi connectivity index (χ4v) is 4.77. The summed E-state index contributed by atoms with van der Waals surface area (Å²) in [5, 5.41) is 6.09. The summed E-state index contributed by atoms with van der Waals surface area (Å²) < 4.78 is 7.85. The van der Waals surface area contributed by atoms with Gasteiger partial charge in [0.15, 0.2) is 0 Å². The number of likely N-dealkylation sites (tertiary alicyclic amines) is 1. The molecule has 2 aliphatic rings. The van der Waals surface area contributed by atoms with E-state index in [1.807, 2.05) is 20.8 Å². The van der Waals surface area contributed by atoms with Gasteiger partial charge in [0.2, 0.25) is 0 Å². The first-order valence-electron chi connectivity index (χ1n) is 11.5. The first-order chi connectivity index (χ1) is 14.6. The third kappa shape index (κ3) is 4.79. The smallest absolute Gasteiger partial charge is 0.414 e. The Morgan fingerprint density at radius 3 is 2.68 bits per heavy atom. The number of ether oxygens (including phenoxy) is 1.